The molecule has 1 aromatic carbocycles. The third kappa shape index (κ3) is 4.58. The predicted octanol–water partition coefficient (Wildman–Crippen LogP) is 3.51. The lowest BCUT2D eigenvalue weighted by Crippen LogP contribution is -1.94. The fourth-order valence-electron chi connectivity index (χ4n) is 1.08. The monoisotopic (exact) mass is 287 g/mol. The first-order chi connectivity index (χ1) is 8.60. The minimum atomic E-state index is -3.90. The van der Waals surface area contributed by atoms with Gasteiger partial charge in [0.2, 0.25) is 0 Å². The van der Waals surface area contributed by atoms with Crippen LogP contribution in [0.15, 0.2) is 38.6 Å². The Balaban J connectivity index is 2.66. The molecule has 0 unspecified atom stereocenters. The Morgan fingerprint density at radius 1 is 1.39 bits per heavy atom. The molecule has 0 fully saturated rings. The van der Waals surface area contributed by atoms with Crippen LogP contribution in [0, 0.1) is 0 Å². The Morgan fingerprint density at radius 3 is 2.61 bits per heavy atom. The molecule has 0 N–H and O–H groups in total. The van der Waals surface area contributed by atoms with Crippen molar-refractivity contribution in [3.8, 4) is 0 Å². The fourth-order valence-corrected chi connectivity index (χ4v) is 2.33. The van der Waals surface area contributed by atoms with Gasteiger partial charge in [0.15, 0.2) is 0 Å². The van der Waals surface area contributed by atoms with Crippen molar-refractivity contribution in [2.24, 2.45) is 4.52 Å². The second-order valence-corrected chi connectivity index (χ2v) is 5.84. The van der Waals surface area contributed by atoms with E-state index in [1.807, 2.05) is 0 Å². The standard InChI is InChI=1S/C10H13N3O3S2/c1-2-3-8-16-17-9-4-6-10(7-5-9)18(14,15)13-12-11/h4-7H,2-3,8H2,1H3. The molecule has 0 aliphatic rings. The highest BCUT2D eigenvalue weighted by Crippen LogP contribution is 2.22. The largest absolute Gasteiger partial charge is 0.310 e. The van der Waals surface area contributed by atoms with Crippen molar-refractivity contribution in [3.63, 3.8) is 0 Å². The lowest BCUT2D eigenvalue weighted by molar-refractivity contribution is 0.362. The molecule has 1 rings (SSSR count). The van der Waals surface area contributed by atoms with Crippen LogP contribution in [0.2, 0.25) is 0 Å². The van der Waals surface area contributed by atoms with Crippen LogP contribution in [0.5, 0.6) is 0 Å². The van der Waals surface area contributed by atoms with Gasteiger partial charge < -0.3 is 4.18 Å². The van der Waals surface area contributed by atoms with Gasteiger partial charge in [0.1, 0.15) is 0 Å². The lowest BCUT2D eigenvalue weighted by Gasteiger charge is -2.02. The van der Waals surface area contributed by atoms with Crippen LogP contribution in [-0.4, -0.2) is 15.0 Å². The smallest absolute Gasteiger partial charge is 0.264 e. The van der Waals surface area contributed by atoms with Gasteiger partial charge in [-0.3, -0.25) is 0 Å². The second kappa shape index (κ2) is 7.27. The normalized spacial score (nSPS) is 10.9. The number of unbranched alkanes of at least 4 members (excludes halogenated alkanes) is 1. The minimum Gasteiger partial charge on any atom is -0.310 e. The van der Waals surface area contributed by atoms with Gasteiger partial charge in [-0.15, -0.1) is 0 Å². The molecule has 18 heavy (non-hydrogen) atoms. The van der Waals surface area contributed by atoms with Crippen LogP contribution in [0.1, 0.15) is 19.8 Å². The highest BCUT2D eigenvalue weighted by Gasteiger charge is 2.11. The lowest BCUT2D eigenvalue weighted by atomic mass is 10.4. The topological polar surface area (TPSA) is 92.1 Å². The van der Waals surface area contributed by atoms with Crippen LogP contribution in [-0.2, 0) is 14.2 Å². The average Bonchev–Trinajstić information content (AvgIpc) is 2.35. The number of nitrogens with zero attached hydrogens (tertiary/aromatic N) is 3. The van der Waals surface area contributed by atoms with Crippen molar-refractivity contribution < 1.29 is 12.6 Å². The predicted molar refractivity (Wildman–Crippen MR) is 69.5 cm³/mol. The average molecular weight is 287 g/mol. The van der Waals surface area contributed by atoms with Gasteiger partial charge in [0.25, 0.3) is 10.0 Å². The third-order valence-electron chi connectivity index (χ3n) is 2.00. The summed E-state index contributed by atoms with van der Waals surface area (Å²) in [6.45, 7) is 2.73. The molecule has 0 aromatic heterocycles. The maximum atomic E-state index is 11.4. The summed E-state index contributed by atoms with van der Waals surface area (Å²) in [5.74, 6) is 0. The van der Waals surface area contributed by atoms with Crippen molar-refractivity contribution in [2.75, 3.05) is 6.61 Å². The van der Waals surface area contributed by atoms with Crippen LogP contribution in [0.3, 0.4) is 0 Å². The highest BCUT2D eigenvalue weighted by atomic mass is 32.2. The Morgan fingerprint density at radius 2 is 2.06 bits per heavy atom. The van der Waals surface area contributed by atoms with Gasteiger partial charge in [-0.05, 0) is 36.2 Å². The molecule has 6 nitrogen and oxygen atoms in total. The van der Waals surface area contributed by atoms with Crippen molar-refractivity contribution in [1.82, 2.24) is 0 Å². The van der Waals surface area contributed by atoms with E-state index in [9.17, 15) is 8.42 Å². The molecule has 0 aliphatic carbocycles. The van der Waals surface area contributed by atoms with Gasteiger partial charge in [-0.25, -0.2) is 8.42 Å². The molecule has 0 heterocycles. The van der Waals surface area contributed by atoms with Gasteiger partial charge in [-0.2, -0.15) is 0 Å². The Bertz CT molecular complexity index is 522. The van der Waals surface area contributed by atoms with Gasteiger partial charge >= 0.3 is 0 Å². The first-order valence-electron chi connectivity index (χ1n) is 5.31. The molecule has 0 amide bonds. The molecule has 8 heteroatoms. The SMILES string of the molecule is CCCCOSc1ccc(S(=O)(=O)N=[N+]=[N-])cc1. The van der Waals surface area contributed by atoms with Crippen LogP contribution in [0.4, 0.5) is 0 Å². The molecule has 0 saturated carbocycles. The van der Waals surface area contributed by atoms with E-state index in [4.69, 9.17) is 9.71 Å². The Labute approximate surface area is 110 Å². The number of benzene rings is 1. The highest BCUT2D eigenvalue weighted by molar-refractivity contribution is 7.94. The third-order valence-corrected chi connectivity index (χ3v) is 3.91. The second-order valence-electron chi connectivity index (χ2n) is 3.38. The maximum absolute atomic E-state index is 11.4. The van der Waals surface area contributed by atoms with Crippen LogP contribution >= 0.6 is 12.0 Å². The molecule has 0 atom stereocenters. The zero-order chi connectivity index (χ0) is 13.4. The van der Waals surface area contributed by atoms with Crippen molar-refractivity contribution in [1.29, 1.82) is 0 Å². The summed E-state index contributed by atoms with van der Waals surface area (Å²) in [6, 6.07) is 5.98. The molecule has 0 aliphatic heterocycles. The summed E-state index contributed by atoms with van der Waals surface area (Å²) in [5.41, 5.74) is 8.14. The maximum Gasteiger partial charge on any atom is 0.264 e. The van der Waals surface area contributed by atoms with Crippen molar-refractivity contribution >= 4 is 22.1 Å². The molecular weight excluding hydrogens is 274 g/mol. The van der Waals surface area contributed by atoms with E-state index in [1.165, 1.54) is 24.2 Å². The van der Waals surface area contributed by atoms with Crippen LogP contribution < -0.4 is 0 Å². The summed E-state index contributed by atoms with van der Waals surface area (Å²) < 4.78 is 30.8. The van der Waals surface area contributed by atoms with E-state index >= 15 is 0 Å². The Hall–Kier alpha value is -1.21. The van der Waals surface area contributed by atoms with E-state index < -0.39 is 10.0 Å². The van der Waals surface area contributed by atoms with E-state index in [0.717, 1.165) is 17.7 Å². The molecule has 98 valence electrons. The summed E-state index contributed by atoms with van der Waals surface area (Å²) in [7, 11) is -3.90. The molecule has 0 radical (unpaired) electrons. The number of rotatable bonds is 7. The zero-order valence-corrected chi connectivity index (χ0v) is 11.4. The summed E-state index contributed by atoms with van der Waals surface area (Å²) in [4.78, 5) is 3.05. The van der Waals surface area contributed by atoms with Gasteiger partial charge in [0.05, 0.1) is 11.5 Å². The fraction of sp³-hybridized carbons (Fsp3) is 0.400. The van der Waals surface area contributed by atoms with Crippen molar-refractivity contribution in [3.05, 3.63) is 34.7 Å². The number of hydrogen-bond acceptors (Lipinski definition) is 4. The van der Waals surface area contributed by atoms with E-state index in [1.54, 1.807) is 12.1 Å². The first kappa shape index (κ1) is 14.8. The minimum absolute atomic E-state index is 0.0294. The molecule has 0 saturated heterocycles. The van der Waals surface area contributed by atoms with E-state index in [0.29, 0.717) is 6.61 Å². The summed E-state index contributed by atoms with van der Waals surface area (Å²) in [6.07, 6.45) is 2.04. The number of hydrogen-bond donors (Lipinski definition) is 0. The Kier molecular flexibility index (Phi) is 6.00. The number of azide groups is 1. The molecule has 0 bridgehead atoms. The molecule has 0 spiro atoms. The quantitative estimate of drug-likeness (QED) is 0.252. The first-order valence-corrected chi connectivity index (χ1v) is 7.49. The summed E-state index contributed by atoms with van der Waals surface area (Å²) >= 11 is 1.19. The van der Waals surface area contributed by atoms with E-state index in [-0.39, 0.29) is 4.90 Å². The zero-order valence-electron chi connectivity index (χ0n) is 9.81. The van der Waals surface area contributed by atoms with E-state index in [2.05, 4.69) is 16.4 Å². The summed E-state index contributed by atoms with van der Waals surface area (Å²) in [5, 5.41) is 0. The van der Waals surface area contributed by atoms with Crippen molar-refractivity contribution in [2.45, 2.75) is 29.6 Å². The molecule has 1 aromatic rings. The molecular formula is C10H13N3O3S2. The van der Waals surface area contributed by atoms with Gasteiger partial charge in [0, 0.05) is 26.4 Å². The number of sulfonamides is 1. The van der Waals surface area contributed by atoms with Crippen LogP contribution in [0.25, 0.3) is 10.4 Å². The van der Waals surface area contributed by atoms with Gasteiger partial charge in [-0.1, -0.05) is 13.3 Å².